The topological polar surface area (TPSA) is 59.1 Å². The lowest BCUT2D eigenvalue weighted by Crippen LogP contribution is -2.15. The smallest absolute Gasteiger partial charge is 0.224 e. The Kier molecular flexibility index (Phi) is 3.56. The van der Waals surface area contributed by atoms with E-state index in [1.54, 1.807) is 0 Å². The van der Waals surface area contributed by atoms with Crippen LogP contribution in [-0.2, 0) is 4.74 Å². The number of nitrogens with one attached hydrogen (secondary N) is 2. The standard InChI is InChI=1S/C11H18N4O/c1-8-5-10(15-11(12-2)14-8)13-6-9-3-4-16-7-9/h5,9H,3-4,6-7H2,1-2H3,(H2,12,13,14,15). The minimum Gasteiger partial charge on any atom is -0.381 e. The SMILES string of the molecule is CNc1nc(C)cc(NCC2CCOC2)n1. The molecule has 0 aliphatic carbocycles. The summed E-state index contributed by atoms with van der Waals surface area (Å²) in [5.74, 6) is 2.14. The fourth-order valence-electron chi connectivity index (χ4n) is 1.76. The molecule has 5 nitrogen and oxygen atoms in total. The average molecular weight is 222 g/mol. The van der Waals surface area contributed by atoms with Crippen molar-refractivity contribution in [3.63, 3.8) is 0 Å². The maximum absolute atomic E-state index is 5.33. The summed E-state index contributed by atoms with van der Waals surface area (Å²) in [6.45, 7) is 4.62. The highest BCUT2D eigenvalue weighted by Gasteiger charge is 2.15. The summed E-state index contributed by atoms with van der Waals surface area (Å²) in [4.78, 5) is 8.58. The largest absolute Gasteiger partial charge is 0.381 e. The molecule has 1 fully saturated rings. The molecule has 88 valence electrons. The molecule has 2 heterocycles. The van der Waals surface area contributed by atoms with Crippen molar-refractivity contribution < 1.29 is 4.74 Å². The minimum atomic E-state index is 0.605. The number of aryl methyl sites for hydroxylation is 1. The molecule has 16 heavy (non-hydrogen) atoms. The zero-order valence-corrected chi connectivity index (χ0v) is 9.79. The van der Waals surface area contributed by atoms with Crippen LogP contribution in [0.4, 0.5) is 11.8 Å². The van der Waals surface area contributed by atoms with Gasteiger partial charge in [0.1, 0.15) is 5.82 Å². The summed E-state index contributed by atoms with van der Waals surface area (Å²) in [5.41, 5.74) is 0.963. The predicted molar refractivity (Wildman–Crippen MR) is 63.7 cm³/mol. The van der Waals surface area contributed by atoms with E-state index in [4.69, 9.17) is 4.74 Å². The second-order valence-corrected chi connectivity index (χ2v) is 4.08. The van der Waals surface area contributed by atoms with Crippen molar-refractivity contribution in [1.29, 1.82) is 0 Å². The Bertz CT molecular complexity index is 350. The molecule has 0 saturated carbocycles. The quantitative estimate of drug-likeness (QED) is 0.803. The van der Waals surface area contributed by atoms with Gasteiger partial charge in [-0.15, -0.1) is 0 Å². The first-order valence-corrected chi connectivity index (χ1v) is 5.63. The molecule has 1 aliphatic heterocycles. The first-order valence-electron chi connectivity index (χ1n) is 5.63. The minimum absolute atomic E-state index is 0.605. The predicted octanol–water partition coefficient (Wildman–Crippen LogP) is 1.28. The monoisotopic (exact) mass is 222 g/mol. The van der Waals surface area contributed by atoms with Gasteiger partial charge in [0.25, 0.3) is 0 Å². The van der Waals surface area contributed by atoms with E-state index in [9.17, 15) is 0 Å². The lowest BCUT2D eigenvalue weighted by atomic mass is 10.1. The van der Waals surface area contributed by atoms with Gasteiger partial charge in [0.15, 0.2) is 0 Å². The Morgan fingerprint density at radius 1 is 1.50 bits per heavy atom. The molecular formula is C11H18N4O. The van der Waals surface area contributed by atoms with E-state index in [2.05, 4.69) is 20.6 Å². The van der Waals surface area contributed by atoms with E-state index in [1.807, 2.05) is 20.0 Å². The lowest BCUT2D eigenvalue weighted by Gasteiger charge is -2.11. The van der Waals surface area contributed by atoms with Crippen LogP contribution in [0.25, 0.3) is 0 Å². The van der Waals surface area contributed by atoms with Crippen LogP contribution in [0, 0.1) is 12.8 Å². The molecule has 1 unspecified atom stereocenters. The molecule has 0 aromatic carbocycles. The summed E-state index contributed by atoms with van der Waals surface area (Å²) in [6, 6.07) is 1.96. The second kappa shape index (κ2) is 5.12. The fourth-order valence-corrected chi connectivity index (χ4v) is 1.76. The Balaban J connectivity index is 1.94. The van der Waals surface area contributed by atoms with Gasteiger partial charge in [-0.3, -0.25) is 0 Å². The van der Waals surface area contributed by atoms with Crippen LogP contribution in [0.3, 0.4) is 0 Å². The Labute approximate surface area is 95.6 Å². The third-order valence-electron chi connectivity index (χ3n) is 2.67. The van der Waals surface area contributed by atoms with Gasteiger partial charge in [-0.05, 0) is 13.3 Å². The van der Waals surface area contributed by atoms with Crippen LogP contribution >= 0.6 is 0 Å². The molecule has 1 aliphatic rings. The van der Waals surface area contributed by atoms with Gasteiger partial charge in [0.2, 0.25) is 5.95 Å². The van der Waals surface area contributed by atoms with Gasteiger partial charge in [-0.2, -0.15) is 4.98 Å². The van der Waals surface area contributed by atoms with Crippen LogP contribution in [0.1, 0.15) is 12.1 Å². The van der Waals surface area contributed by atoms with E-state index in [0.29, 0.717) is 11.9 Å². The van der Waals surface area contributed by atoms with Crippen molar-refractivity contribution in [3.8, 4) is 0 Å². The molecule has 1 atom stereocenters. The summed E-state index contributed by atoms with van der Waals surface area (Å²) in [7, 11) is 1.82. The second-order valence-electron chi connectivity index (χ2n) is 4.08. The highest BCUT2D eigenvalue weighted by Crippen LogP contribution is 2.14. The summed E-state index contributed by atoms with van der Waals surface area (Å²) >= 11 is 0. The first kappa shape index (κ1) is 11.1. The van der Waals surface area contributed by atoms with Crippen LogP contribution in [0.15, 0.2) is 6.07 Å². The highest BCUT2D eigenvalue weighted by molar-refractivity contribution is 5.41. The Morgan fingerprint density at radius 2 is 2.38 bits per heavy atom. The summed E-state index contributed by atoms with van der Waals surface area (Å²) < 4.78 is 5.33. The molecule has 1 aromatic heterocycles. The molecule has 0 amide bonds. The van der Waals surface area contributed by atoms with E-state index >= 15 is 0 Å². The molecular weight excluding hydrogens is 204 g/mol. The van der Waals surface area contributed by atoms with Crippen molar-refractivity contribution in [1.82, 2.24) is 9.97 Å². The van der Waals surface area contributed by atoms with Gasteiger partial charge >= 0.3 is 0 Å². The van der Waals surface area contributed by atoms with Gasteiger partial charge in [0, 0.05) is 37.9 Å². The van der Waals surface area contributed by atoms with Crippen molar-refractivity contribution in [2.24, 2.45) is 5.92 Å². The van der Waals surface area contributed by atoms with E-state index in [1.165, 1.54) is 0 Å². The van der Waals surface area contributed by atoms with Crippen LogP contribution in [-0.4, -0.2) is 36.8 Å². The molecule has 2 N–H and O–H groups in total. The van der Waals surface area contributed by atoms with Crippen molar-refractivity contribution in [2.75, 3.05) is 37.4 Å². The molecule has 1 aromatic rings. The third-order valence-corrected chi connectivity index (χ3v) is 2.67. The van der Waals surface area contributed by atoms with Gasteiger partial charge in [0.05, 0.1) is 6.61 Å². The zero-order valence-electron chi connectivity index (χ0n) is 9.79. The van der Waals surface area contributed by atoms with E-state index in [0.717, 1.165) is 37.7 Å². The van der Waals surface area contributed by atoms with Crippen LogP contribution in [0.5, 0.6) is 0 Å². The summed E-state index contributed by atoms with van der Waals surface area (Å²) in [5, 5.41) is 6.28. The molecule has 0 radical (unpaired) electrons. The third kappa shape index (κ3) is 2.82. The van der Waals surface area contributed by atoms with Gasteiger partial charge < -0.3 is 15.4 Å². The molecule has 0 spiro atoms. The zero-order chi connectivity index (χ0) is 11.4. The maximum atomic E-state index is 5.33. The van der Waals surface area contributed by atoms with E-state index < -0.39 is 0 Å². The fraction of sp³-hybridized carbons (Fsp3) is 0.636. The number of ether oxygens (including phenoxy) is 1. The normalized spacial score (nSPS) is 19.8. The van der Waals surface area contributed by atoms with Crippen molar-refractivity contribution in [3.05, 3.63) is 11.8 Å². The molecule has 0 bridgehead atoms. The van der Waals surface area contributed by atoms with Crippen LogP contribution in [0.2, 0.25) is 0 Å². The van der Waals surface area contributed by atoms with Gasteiger partial charge in [-0.25, -0.2) is 4.98 Å². The number of nitrogens with zero attached hydrogens (tertiary/aromatic N) is 2. The first-order chi connectivity index (χ1) is 7.78. The Hall–Kier alpha value is -1.36. The number of rotatable bonds is 4. The van der Waals surface area contributed by atoms with Crippen molar-refractivity contribution >= 4 is 11.8 Å². The van der Waals surface area contributed by atoms with Crippen molar-refractivity contribution in [2.45, 2.75) is 13.3 Å². The van der Waals surface area contributed by atoms with Crippen LogP contribution < -0.4 is 10.6 Å². The molecule has 1 saturated heterocycles. The number of anilines is 2. The molecule has 2 rings (SSSR count). The maximum Gasteiger partial charge on any atom is 0.224 e. The number of hydrogen-bond donors (Lipinski definition) is 2. The number of aromatic nitrogens is 2. The Morgan fingerprint density at radius 3 is 3.06 bits per heavy atom. The van der Waals surface area contributed by atoms with E-state index in [-0.39, 0.29) is 0 Å². The van der Waals surface area contributed by atoms with Gasteiger partial charge in [-0.1, -0.05) is 0 Å². The number of hydrogen-bond acceptors (Lipinski definition) is 5. The highest BCUT2D eigenvalue weighted by atomic mass is 16.5. The molecule has 5 heteroatoms. The summed E-state index contributed by atoms with van der Waals surface area (Å²) in [6.07, 6.45) is 1.13. The average Bonchev–Trinajstić information content (AvgIpc) is 2.78. The lowest BCUT2D eigenvalue weighted by molar-refractivity contribution is 0.187.